The summed E-state index contributed by atoms with van der Waals surface area (Å²) in [5.74, 6) is 0.767. The van der Waals surface area contributed by atoms with Crippen molar-refractivity contribution in [2.45, 2.75) is 31.7 Å². The largest absolute Gasteiger partial charge is 0.480 e. The number of nitrogens with zero attached hydrogens (tertiary/aromatic N) is 3. The maximum atomic E-state index is 11.6. The molecule has 3 heterocycles. The van der Waals surface area contributed by atoms with Crippen LogP contribution in [-0.2, 0) is 4.79 Å². The molecule has 0 radical (unpaired) electrons. The molecule has 1 aliphatic heterocycles. The lowest BCUT2D eigenvalue weighted by Gasteiger charge is -2.34. The van der Waals surface area contributed by atoms with Crippen molar-refractivity contribution in [3.63, 3.8) is 0 Å². The Morgan fingerprint density at radius 1 is 1.52 bits per heavy atom. The number of carboxylic acid groups (broad SMARTS) is 1. The van der Waals surface area contributed by atoms with Crippen LogP contribution in [0.2, 0.25) is 0 Å². The molecule has 1 N–H and O–H groups in total. The lowest BCUT2D eigenvalue weighted by Crippen LogP contribution is -2.39. The van der Waals surface area contributed by atoms with E-state index >= 15 is 0 Å². The summed E-state index contributed by atoms with van der Waals surface area (Å²) in [5.41, 5.74) is 0.861. The lowest BCUT2D eigenvalue weighted by atomic mass is 9.94. The highest BCUT2D eigenvalue weighted by atomic mass is 32.1. The molecule has 0 aromatic carbocycles. The molecule has 1 atom stereocenters. The number of rotatable bonds is 4. The van der Waals surface area contributed by atoms with Gasteiger partial charge in [-0.25, -0.2) is 0 Å². The zero-order valence-corrected chi connectivity index (χ0v) is 12.5. The number of likely N-dealkylation sites (tertiary alicyclic amines) is 1. The first kappa shape index (κ1) is 14.2. The van der Waals surface area contributed by atoms with Crippen molar-refractivity contribution in [1.82, 2.24) is 15.0 Å². The van der Waals surface area contributed by atoms with Crippen LogP contribution in [-0.4, -0.2) is 39.2 Å². The predicted octanol–water partition coefficient (Wildman–Crippen LogP) is 2.44. The molecule has 1 fully saturated rings. The van der Waals surface area contributed by atoms with E-state index in [0.717, 1.165) is 31.5 Å². The standard InChI is InChI=1S/C14H17N3O3S/c1-9-15-13(20-16-9)10-2-5-17(6-3-10)12(14(18)19)11-4-7-21-8-11/h4,7-8,10,12H,2-3,5-6H2,1H3,(H,18,19)/t12-/m1/s1. The van der Waals surface area contributed by atoms with Crippen LogP contribution in [0.15, 0.2) is 21.3 Å². The molecule has 0 bridgehead atoms. The minimum absolute atomic E-state index is 0.236. The minimum atomic E-state index is -0.791. The molecule has 0 aliphatic carbocycles. The smallest absolute Gasteiger partial charge is 0.325 e. The van der Waals surface area contributed by atoms with E-state index in [1.165, 1.54) is 11.3 Å². The number of aryl methyl sites for hydroxylation is 1. The molecule has 0 spiro atoms. The SMILES string of the molecule is Cc1noc(C2CCN([C@@H](C(=O)O)c3ccsc3)CC2)n1. The first-order valence-corrected chi connectivity index (χ1v) is 7.88. The second-order valence-corrected chi connectivity index (χ2v) is 6.07. The number of piperidine rings is 1. The molecule has 1 aliphatic rings. The number of hydrogen-bond acceptors (Lipinski definition) is 6. The van der Waals surface area contributed by atoms with Crippen LogP contribution >= 0.6 is 11.3 Å². The topological polar surface area (TPSA) is 79.5 Å². The van der Waals surface area contributed by atoms with E-state index < -0.39 is 12.0 Å². The van der Waals surface area contributed by atoms with Gasteiger partial charge in [0.15, 0.2) is 5.82 Å². The van der Waals surface area contributed by atoms with E-state index in [0.29, 0.717) is 11.7 Å². The Morgan fingerprint density at radius 3 is 2.81 bits per heavy atom. The molecule has 3 rings (SSSR count). The third kappa shape index (κ3) is 2.98. The average Bonchev–Trinajstić information content (AvgIpc) is 3.11. The quantitative estimate of drug-likeness (QED) is 0.934. The summed E-state index contributed by atoms with van der Waals surface area (Å²) in [5, 5.41) is 17.2. The normalized spacial score (nSPS) is 18.7. The molecule has 0 unspecified atom stereocenters. The van der Waals surface area contributed by atoms with Gasteiger partial charge < -0.3 is 9.63 Å². The van der Waals surface area contributed by atoms with Gasteiger partial charge >= 0.3 is 5.97 Å². The van der Waals surface area contributed by atoms with E-state index in [1.807, 2.05) is 21.7 Å². The first-order chi connectivity index (χ1) is 10.1. The highest BCUT2D eigenvalue weighted by Gasteiger charge is 2.33. The van der Waals surface area contributed by atoms with Gasteiger partial charge in [0.25, 0.3) is 0 Å². The van der Waals surface area contributed by atoms with Gasteiger partial charge in [-0.05, 0) is 42.2 Å². The van der Waals surface area contributed by atoms with Crippen LogP contribution in [0.4, 0.5) is 0 Å². The summed E-state index contributed by atoms with van der Waals surface area (Å²) in [4.78, 5) is 17.9. The summed E-state index contributed by atoms with van der Waals surface area (Å²) in [7, 11) is 0. The van der Waals surface area contributed by atoms with Crippen LogP contribution in [0.1, 0.15) is 42.1 Å². The fourth-order valence-corrected chi connectivity index (χ4v) is 3.50. The van der Waals surface area contributed by atoms with Crippen molar-refractivity contribution in [2.24, 2.45) is 0 Å². The van der Waals surface area contributed by atoms with Gasteiger partial charge in [0.2, 0.25) is 5.89 Å². The number of hydrogen-bond donors (Lipinski definition) is 1. The second-order valence-electron chi connectivity index (χ2n) is 5.29. The minimum Gasteiger partial charge on any atom is -0.480 e. The fourth-order valence-electron chi connectivity index (χ4n) is 2.82. The number of aromatic nitrogens is 2. The van der Waals surface area contributed by atoms with Gasteiger partial charge in [-0.1, -0.05) is 5.16 Å². The molecule has 2 aromatic heterocycles. The summed E-state index contributed by atoms with van der Waals surface area (Å²) in [6, 6.07) is 1.33. The van der Waals surface area contributed by atoms with Crippen molar-refractivity contribution >= 4 is 17.3 Å². The number of aliphatic carboxylic acids is 1. The van der Waals surface area contributed by atoms with Crippen LogP contribution in [0.3, 0.4) is 0 Å². The Kier molecular flexibility index (Phi) is 4.03. The van der Waals surface area contributed by atoms with Crippen LogP contribution in [0, 0.1) is 6.92 Å². The zero-order valence-electron chi connectivity index (χ0n) is 11.7. The highest BCUT2D eigenvalue weighted by molar-refractivity contribution is 7.08. The number of carbonyl (C=O) groups is 1. The number of carboxylic acids is 1. The van der Waals surface area contributed by atoms with E-state index in [1.54, 1.807) is 6.92 Å². The van der Waals surface area contributed by atoms with Crippen molar-refractivity contribution in [2.75, 3.05) is 13.1 Å². The van der Waals surface area contributed by atoms with Gasteiger partial charge in [0.05, 0.1) is 0 Å². The molecule has 21 heavy (non-hydrogen) atoms. The summed E-state index contributed by atoms with van der Waals surface area (Å²) < 4.78 is 5.22. The highest BCUT2D eigenvalue weighted by Crippen LogP contribution is 2.32. The first-order valence-electron chi connectivity index (χ1n) is 6.94. The van der Waals surface area contributed by atoms with E-state index in [4.69, 9.17) is 4.52 Å². The monoisotopic (exact) mass is 307 g/mol. The molecule has 2 aromatic rings. The van der Waals surface area contributed by atoms with Gasteiger partial charge in [0.1, 0.15) is 6.04 Å². The number of thiophene rings is 1. The van der Waals surface area contributed by atoms with Crippen molar-refractivity contribution in [1.29, 1.82) is 0 Å². The molecule has 6 nitrogen and oxygen atoms in total. The van der Waals surface area contributed by atoms with Gasteiger partial charge in [0, 0.05) is 19.0 Å². The fraction of sp³-hybridized carbons (Fsp3) is 0.500. The van der Waals surface area contributed by atoms with Crippen molar-refractivity contribution < 1.29 is 14.4 Å². The lowest BCUT2D eigenvalue weighted by molar-refractivity contribution is -0.144. The van der Waals surface area contributed by atoms with Gasteiger partial charge in [-0.15, -0.1) is 0 Å². The van der Waals surface area contributed by atoms with Crippen molar-refractivity contribution in [3.8, 4) is 0 Å². The third-order valence-corrected chi connectivity index (χ3v) is 4.58. The predicted molar refractivity (Wildman–Crippen MR) is 77.3 cm³/mol. The molecular formula is C14H17N3O3S. The summed E-state index contributed by atoms with van der Waals surface area (Å²) in [6.07, 6.45) is 1.69. The third-order valence-electron chi connectivity index (χ3n) is 3.88. The average molecular weight is 307 g/mol. The molecule has 0 amide bonds. The van der Waals surface area contributed by atoms with Crippen LogP contribution < -0.4 is 0 Å². The summed E-state index contributed by atoms with van der Waals surface area (Å²) >= 11 is 1.53. The Balaban J connectivity index is 1.68. The molecule has 7 heteroatoms. The van der Waals surface area contributed by atoms with E-state index in [2.05, 4.69) is 10.1 Å². The van der Waals surface area contributed by atoms with Crippen molar-refractivity contribution in [3.05, 3.63) is 34.1 Å². The zero-order chi connectivity index (χ0) is 14.8. The Bertz CT molecular complexity index is 603. The molecule has 1 saturated heterocycles. The maximum absolute atomic E-state index is 11.6. The molecular weight excluding hydrogens is 290 g/mol. The van der Waals surface area contributed by atoms with Crippen LogP contribution in [0.25, 0.3) is 0 Å². The molecule has 112 valence electrons. The Hall–Kier alpha value is -1.73. The second kappa shape index (κ2) is 5.95. The Labute approximate surface area is 126 Å². The van der Waals surface area contributed by atoms with E-state index in [-0.39, 0.29) is 5.92 Å². The summed E-state index contributed by atoms with van der Waals surface area (Å²) in [6.45, 7) is 3.25. The van der Waals surface area contributed by atoms with Crippen LogP contribution in [0.5, 0.6) is 0 Å². The Morgan fingerprint density at radius 2 is 2.29 bits per heavy atom. The van der Waals surface area contributed by atoms with Gasteiger partial charge in [-0.2, -0.15) is 16.3 Å². The van der Waals surface area contributed by atoms with E-state index in [9.17, 15) is 9.90 Å². The molecule has 0 saturated carbocycles. The maximum Gasteiger partial charge on any atom is 0.325 e. The van der Waals surface area contributed by atoms with Gasteiger partial charge in [-0.3, -0.25) is 9.69 Å².